The third-order valence-corrected chi connectivity index (χ3v) is 3.50. The first-order valence-electron chi connectivity index (χ1n) is 6.09. The van der Waals surface area contributed by atoms with Crippen molar-refractivity contribution in [3.8, 4) is 0 Å². The molecule has 19 heavy (non-hydrogen) atoms. The number of nitro groups is 1. The van der Waals surface area contributed by atoms with Crippen LogP contribution < -0.4 is 10.2 Å². The third kappa shape index (κ3) is 2.01. The van der Waals surface area contributed by atoms with Crippen molar-refractivity contribution in [1.82, 2.24) is 0 Å². The minimum Gasteiger partial charge on any atom is -0.389 e. The third-order valence-electron chi connectivity index (χ3n) is 3.50. The fourth-order valence-corrected chi connectivity index (χ4v) is 2.46. The van der Waals surface area contributed by atoms with Crippen molar-refractivity contribution < 1.29 is 14.8 Å². The average molecular weight is 263 g/mol. The van der Waals surface area contributed by atoms with E-state index < -0.39 is 11.0 Å². The van der Waals surface area contributed by atoms with E-state index in [1.165, 1.54) is 6.07 Å². The lowest BCUT2D eigenvalue weighted by atomic mass is 9.99. The van der Waals surface area contributed by atoms with Gasteiger partial charge in [-0.25, -0.2) is 0 Å². The Bertz CT molecular complexity index is 566. The van der Waals surface area contributed by atoms with Crippen molar-refractivity contribution in [2.45, 2.75) is 18.9 Å². The maximum Gasteiger partial charge on any atom is 0.294 e. The number of amides is 1. The molecule has 2 heterocycles. The number of fused-ring (bicyclic) bond motifs is 1. The number of aliphatic hydroxyl groups is 1. The summed E-state index contributed by atoms with van der Waals surface area (Å²) in [5, 5.41) is 23.1. The fourth-order valence-electron chi connectivity index (χ4n) is 2.46. The summed E-state index contributed by atoms with van der Waals surface area (Å²) >= 11 is 0. The molecule has 0 radical (unpaired) electrons. The summed E-state index contributed by atoms with van der Waals surface area (Å²) in [4.78, 5) is 23.8. The molecule has 2 aliphatic heterocycles. The highest BCUT2D eigenvalue weighted by molar-refractivity contribution is 5.95. The molecule has 0 saturated carbocycles. The number of hydrogen-bond acceptors (Lipinski definition) is 5. The first kappa shape index (κ1) is 11.9. The monoisotopic (exact) mass is 263 g/mol. The van der Waals surface area contributed by atoms with Gasteiger partial charge in [-0.15, -0.1) is 0 Å². The van der Waals surface area contributed by atoms with Gasteiger partial charge in [-0.1, -0.05) is 0 Å². The molecule has 7 nitrogen and oxygen atoms in total. The highest BCUT2D eigenvalue weighted by atomic mass is 16.6. The number of carbonyl (C=O) groups is 1. The molecule has 3 rings (SSSR count). The van der Waals surface area contributed by atoms with Crippen LogP contribution in [0, 0.1) is 10.1 Å². The van der Waals surface area contributed by atoms with E-state index in [0.29, 0.717) is 37.3 Å². The zero-order chi connectivity index (χ0) is 13.6. The zero-order valence-corrected chi connectivity index (χ0v) is 10.1. The second-order valence-electron chi connectivity index (χ2n) is 4.86. The van der Waals surface area contributed by atoms with Crippen molar-refractivity contribution in [1.29, 1.82) is 0 Å². The quantitative estimate of drug-likeness (QED) is 0.603. The van der Waals surface area contributed by atoms with Crippen molar-refractivity contribution >= 4 is 23.0 Å². The molecule has 0 atom stereocenters. The number of aryl methyl sites for hydroxylation is 1. The summed E-state index contributed by atoms with van der Waals surface area (Å²) in [6, 6.07) is 3.16. The molecule has 100 valence electrons. The maximum atomic E-state index is 11.3. The zero-order valence-electron chi connectivity index (χ0n) is 10.1. The van der Waals surface area contributed by atoms with Crippen LogP contribution in [-0.4, -0.2) is 35.1 Å². The van der Waals surface area contributed by atoms with Gasteiger partial charge in [-0.05, 0) is 18.1 Å². The fraction of sp³-hybridized carbons (Fsp3) is 0.417. The topological polar surface area (TPSA) is 95.7 Å². The standard InChI is InChI=1S/C12H13N3O4/c16-8-5-14(6-8)10-3-7-1-2-12(17)13-9(7)4-11(10)15(18)19/h3-4,8,16H,1-2,5-6H2,(H,13,17). The SMILES string of the molecule is O=C1CCc2cc(N3CC(O)C3)c([N+](=O)[O-])cc2N1. The normalized spacial score (nSPS) is 18.6. The summed E-state index contributed by atoms with van der Waals surface area (Å²) in [6.45, 7) is 0.817. The second-order valence-corrected chi connectivity index (χ2v) is 4.86. The number of benzene rings is 1. The van der Waals surface area contributed by atoms with Gasteiger partial charge < -0.3 is 15.3 Å². The molecule has 1 aromatic rings. The predicted molar refractivity (Wildman–Crippen MR) is 68.3 cm³/mol. The Labute approximate surface area is 109 Å². The van der Waals surface area contributed by atoms with E-state index in [4.69, 9.17) is 0 Å². The summed E-state index contributed by atoms with van der Waals surface area (Å²) < 4.78 is 0. The van der Waals surface area contributed by atoms with Gasteiger partial charge in [0, 0.05) is 25.6 Å². The number of nitrogens with zero attached hydrogens (tertiary/aromatic N) is 2. The molecule has 1 aromatic carbocycles. The number of carbonyl (C=O) groups excluding carboxylic acids is 1. The minimum atomic E-state index is -0.457. The number of nitrogens with one attached hydrogen (secondary N) is 1. The largest absolute Gasteiger partial charge is 0.389 e. The molecular formula is C12H13N3O4. The van der Waals surface area contributed by atoms with Crippen LogP contribution in [0.3, 0.4) is 0 Å². The van der Waals surface area contributed by atoms with Crippen molar-refractivity contribution in [3.63, 3.8) is 0 Å². The molecule has 1 fully saturated rings. The predicted octanol–water partition coefficient (Wildman–Crippen LogP) is 0.660. The molecular weight excluding hydrogens is 250 g/mol. The molecule has 0 unspecified atom stereocenters. The number of nitro benzene ring substituents is 1. The van der Waals surface area contributed by atoms with E-state index in [0.717, 1.165) is 5.56 Å². The van der Waals surface area contributed by atoms with Gasteiger partial charge in [0.25, 0.3) is 5.69 Å². The van der Waals surface area contributed by atoms with Gasteiger partial charge in [0.05, 0.1) is 16.7 Å². The molecule has 0 aliphatic carbocycles. The highest BCUT2D eigenvalue weighted by Gasteiger charge is 2.31. The van der Waals surface area contributed by atoms with Crippen LogP contribution in [0.2, 0.25) is 0 Å². The maximum absolute atomic E-state index is 11.3. The second kappa shape index (κ2) is 4.20. The van der Waals surface area contributed by atoms with E-state index in [9.17, 15) is 20.0 Å². The Balaban J connectivity index is 2.03. The number of hydrogen-bond donors (Lipinski definition) is 2. The molecule has 0 aromatic heterocycles. The van der Waals surface area contributed by atoms with E-state index in [2.05, 4.69) is 5.32 Å². The van der Waals surface area contributed by atoms with Gasteiger partial charge in [0.1, 0.15) is 5.69 Å². The Hall–Kier alpha value is -2.15. The van der Waals surface area contributed by atoms with Crippen LogP contribution in [0.15, 0.2) is 12.1 Å². The molecule has 1 saturated heterocycles. The molecule has 0 bridgehead atoms. The van der Waals surface area contributed by atoms with Gasteiger partial charge in [0.15, 0.2) is 0 Å². The van der Waals surface area contributed by atoms with Crippen molar-refractivity contribution in [2.75, 3.05) is 23.3 Å². The van der Waals surface area contributed by atoms with E-state index in [1.54, 1.807) is 11.0 Å². The number of rotatable bonds is 2. The van der Waals surface area contributed by atoms with Crippen LogP contribution in [-0.2, 0) is 11.2 Å². The Morgan fingerprint density at radius 3 is 2.74 bits per heavy atom. The summed E-state index contributed by atoms with van der Waals surface area (Å²) in [5.74, 6) is -0.117. The van der Waals surface area contributed by atoms with Crippen LogP contribution in [0.4, 0.5) is 17.1 Å². The summed E-state index contributed by atoms with van der Waals surface area (Å²) in [6.07, 6.45) is 0.561. The summed E-state index contributed by atoms with van der Waals surface area (Å²) in [7, 11) is 0. The smallest absolute Gasteiger partial charge is 0.294 e. The van der Waals surface area contributed by atoms with Crippen LogP contribution >= 0.6 is 0 Å². The van der Waals surface area contributed by atoms with E-state index in [1.807, 2.05) is 0 Å². The van der Waals surface area contributed by atoms with Gasteiger partial charge in [-0.3, -0.25) is 14.9 Å². The Morgan fingerprint density at radius 2 is 2.11 bits per heavy atom. The Morgan fingerprint density at radius 1 is 1.37 bits per heavy atom. The van der Waals surface area contributed by atoms with E-state index >= 15 is 0 Å². The van der Waals surface area contributed by atoms with Crippen LogP contribution in [0.5, 0.6) is 0 Å². The first-order chi connectivity index (χ1) is 9.04. The highest BCUT2D eigenvalue weighted by Crippen LogP contribution is 2.37. The lowest BCUT2D eigenvalue weighted by molar-refractivity contribution is -0.384. The number of β-amino-alcohol motifs (C(OH)–C–C–N with tert-alkyl or cyclic N) is 1. The average Bonchev–Trinajstić information content (AvgIpc) is 2.33. The molecule has 7 heteroatoms. The van der Waals surface area contributed by atoms with Gasteiger partial charge >= 0.3 is 0 Å². The lowest BCUT2D eigenvalue weighted by Gasteiger charge is -2.37. The van der Waals surface area contributed by atoms with Gasteiger partial charge in [0.2, 0.25) is 5.91 Å². The summed E-state index contributed by atoms with van der Waals surface area (Å²) in [5.41, 5.74) is 1.91. The Kier molecular flexibility index (Phi) is 2.63. The van der Waals surface area contributed by atoms with Crippen LogP contribution in [0.1, 0.15) is 12.0 Å². The molecule has 0 spiro atoms. The van der Waals surface area contributed by atoms with Crippen LogP contribution in [0.25, 0.3) is 0 Å². The van der Waals surface area contributed by atoms with Gasteiger partial charge in [-0.2, -0.15) is 0 Å². The van der Waals surface area contributed by atoms with E-state index in [-0.39, 0.29) is 11.6 Å². The van der Waals surface area contributed by atoms with Crippen molar-refractivity contribution in [2.24, 2.45) is 0 Å². The minimum absolute atomic E-state index is 0.0344. The number of anilines is 2. The number of aliphatic hydroxyl groups excluding tert-OH is 1. The molecule has 2 N–H and O–H groups in total. The molecule has 1 amide bonds. The van der Waals surface area contributed by atoms with Crippen molar-refractivity contribution in [3.05, 3.63) is 27.8 Å². The lowest BCUT2D eigenvalue weighted by Crippen LogP contribution is -2.51. The molecule has 2 aliphatic rings. The first-order valence-corrected chi connectivity index (χ1v) is 6.09.